The van der Waals surface area contributed by atoms with Crippen LogP contribution in [0.1, 0.15) is 17.2 Å². The van der Waals surface area contributed by atoms with Crippen molar-refractivity contribution in [2.45, 2.75) is 12.5 Å². The number of aliphatic hydroxyl groups excluding tert-OH is 1. The first-order valence-corrected chi connectivity index (χ1v) is 6.10. The van der Waals surface area contributed by atoms with Gasteiger partial charge in [-0.1, -0.05) is 17.7 Å². The van der Waals surface area contributed by atoms with Gasteiger partial charge in [-0.25, -0.2) is 9.37 Å². The molecule has 0 saturated heterocycles. The molecule has 0 fully saturated rings. The van der Waals surface area contributed by atoms with Gasteiger partial charge in [-0.15, -0.1) is 0 Å². The maximum atomic E-state index is 12.9. The number of aliphatic hydroxyl groups is 1. The molecule has 0 radical (unpaired) electrons. The quantitative estimate of drug-likeness (QED) is 0.936. The van der Waals surface area contributed by atoms with Gasteiger partial charge in [0.1, 0.15) is 5.82 Å². The van der Waals surface area contributed by atoms with Crippen LogP contribution in [0.15, 0.2) is 36.5 Å². The Hall–Kier alpha value is -1.65. The summed E-state index contributed by atoms with van der Waals surface area (Å²) in [5, 5.41) is 10.5. The lowest BCUT2D eigenvalue weighted by Gasteiger charge is -2.14. The lowest BCUT2D eigenvalue weighted by atomic mass is 10.0. The van der Waals surface area contributed by atoms with Crippen LogP contribution in [0.25, 0.3) is 0 Å². The smallest absolute Gasteiger partial charge is 0.218 e. The molecule has 0 amide bonds. The van der Waals surface area contributed by atoms with Crippen molar-refractivity contribution in [3.63, 3.8) is 0 Å². The molecule has 2 aromatic rings. The second kappa shape index (κ2) is 5.99. The topological polar surface area (TPSA) is 42.4 Å². The van der Waals surface area contributed by atoms with Gasteiger partial charge < -0.3 is 9.84 Å². The minimum absolute atomic E-state index is 0.265. The minimum Gasteiger partial charge on any atom is -0.481 e. The molecule has 3 nitrogen and oxygen atoms in total. The molecule has 0 saturated carbocycles. The molecular formula is C14H13ClFNO2. The van der Waals surface area contributed by atoms with E-state index in [0.717, 1.165) is 0 Å². The highest BCUT2D eigenvalue weighted by atomic mass is 35.5. The van der Waals surface area contributed by atoms with E-state index in [2.05, 4.69) is 4.98 Å². The van der Waals surface area contributed by atoms with Gasteiger partial charge in [0, 0.05) is 23.2 Å². The van der Waals surface area contributed by atoms with Gasteiger partial charge in [0.2, 0.25) is 5.88 Å². The number of benzene rings is 1. The fourth-order valence-electron chi connectivity index (χ4n) is 1.83. The van der Waals surface area contributed by atoms with E-state index in [4.69, 9.17) is 16.3 Å². The molecule has 1 N–H and O–H groups in total. The van der Waals surface area contributed by atoms with Crippen LogP contribution in [0.3, 0.4) is 0 Å². The van der Waals surface area contributed by atoms with Crippen molar-refractivity contribution in [2.24, 2.45) is 0 Å². The van der Waals surface area contributed by atoms with Crippen LogP contribution in [-0.2, 0) is 6.42 Å². The SMILES string of the molecule is COc1ncccc1C(O)Cc1ccc(F)cc1Cl. The summed E-state index contributed by atoms with van der Waals surface area (Å²) in [6.45, 7) is 0. The Kier molecular flexibility index (Phi) is 4.35. The van der Waals surface area contributed by atoms with Crippen LogP contribution >= 0.6 is 11.6 Å². The maximum absolute atomic E-state index is 12.9. The highest BCUT2D eigenvalue weighted by Crippen LogP contribution is 2.28. The first-order chi connectivity index (χ1) is 9.11. The van der Waals surface area contributed by atoms with Gasteiger partial charge in [-0.05, 0) is 29.8 Å². The first-order valence-electron chi connectivity index (χ1n) is 5.72. The van der Waals surface area contributed by atoms with Gasteiger partial charge in [-0.2, -0.15) is 0 Å². The largest absolute Gasteiger partial charge is 0.481 e. The monoisotopic (exact) mass is 281 g/mol. The number of pyridine rings is 1. The van der Waals surface area contributed by atoms with Crippen molar-refractivity contribution in [1.82, 2.24) is 4.98 Å². The second-order valence-electron chi connectivity index (χ2n) is 4.06. The highest BCUT2D eigenvalue weighted by molar-refractivity contribution is 6.31. The Morgan fingerprint density at radius 2 is 2.21 bits per heavy atom. The highest BCUT2D eigenvalue weighted by Gasteiger charge is 2.16. The van der Waals surface area contributed by atoms with E-state index in [1.807, 2.05) is 0 Å². The third kappa shape index (κ3) is 3.22. The van der Waals surface area contributed by atoms with Crippen molar-refractivity contribution in [3.8, 4) is 5.88 Å². The minimum atomic E-state index is -0.813. The Balaban J connectivity index is 2.23. The normalized spacial score (nSPS) is 12.2. The van der Waals surface area contributed by atoms with E-state index in [-0.39, 0.29) is 6.42 Å². The molecule has 1 heterocycles. The first kappa shape index (κ1) is 13.8. The molecule has 1 unspecified atom stereocenters. The third-order valence-corrected chi connectivity index (χ3v) is 3.13. The zero-order valence-corrected chi connectivity index (χ0v) is 11.1. The molecule has 0 aliphatic rings. The van der Waals surface area contributed by atoms with Crippen LogP contribution < -0.4 is 4.74 Å². The number of hydrogen-bond donors (Lipinski definition) is 1. The Labute approximate surface area is 115 Å². The fraction of sp³-hybridized carbons (Fsp3) is 0.214. The molecule has 100 valence electrons. The van der Waals surface area contributed by atoms with E-state index in [1.54, 1.807) is 24.4 Å². The van der Waals surface area contributed by atoms with Crippen molar-refractivity contribution >= 4 is 11.6 Å². The predicted molar refractivity (Wildman–Crippen MR) is 70.9 cm³/mol. The van der Waals surface area contributed by atoms with E-state index in [0.29, 0.717) is 22.0 Å². The Morgan fingerprint density at radius 1 is 1.42 bits per heavy atom. The summed E-state index contributed by atoms with van der Waals surface area (Å²) < 4.78 is 18.0. The van der Waals surface area contributed by atoms with E-state index < -0.39 is 11.9 Å². The fourth-order valence-corrected chi connectivity index (χ4v) is 2.08. The second-order valence-corrected chi connectivity index (χ2v) is 4.46. The van der Waals surface area contributed by atoms with Gasteiger partial charge in [0.15, 0.2) is 0 Å². The van der Waals surface area contributed by atoms with Crippen molar-refractivity contribution in [1.29, 1.82) is 0 Å². The molecule has 0 bridgehead atoms. The van der Waals surface area contributed by atoms with Crippen LogP contribution in [0.2, 0.25) is 5.02 Å². The standard InChI is InChI=1S/C14H13ClFNO2/c1-19-14-11(3-2-6-17-14)13(18)7-9-4-5-10(16)8-12(9)15/h2-6,8,13,18H,7H2,1H3. The summed E-state index contributed by atoms with van der Waals surface area (Å²) in [4.78, 5) is 4.02. The molecule has 0 spiro atoms. The van der Waals surface area contributed by atoms with Crippen LogP contribution in [-0.4, -0.2) is 17.2 Å². The van der Waals surface area contributed by atoms with Gasteiger partial charge in [0.05, 0.1) is 13.2 Å². The third-order valence-electron chi connectivity index (χ3n) is 2.78. The van der Waals surface area contributed by atoms with Crippen molar-refractivity contribution in [3.05, 3.63) is 58.5 Å². The number of halogens is 2. The number of ether oxygens (including phenoxy) is 1. The maximum Gasteiger partial charge on any atom is 0.218 e. The average molecular weight is 282 g/mol. The molecule has 1 aromatic carbocycles. The molecule has 2 rings (SSSR count). The van der Waals surface area contributed by atoms with Crippen LogP contribution in [0.4, 0.5) is 4.39 Å². The molecule has 5 heteroatoms. The Bertz CT molecular complexity index is 577. The van der Waals surface area contributed by atoms with Gasteiger partial charge >= 0.3 is 0 Å². The predicted octanol–water partition coefficient (Wildman–Crippen LogP) is 3.16. The molecule has 19 heavy (non-hydrogen) atoms. The number of rotatable bonds is 4. The summed E-state index contributed by atoms with van der Waals surface area (Å²) in [5.41, 5.74) is 1.24. The summed E-state index contributed by atoms with van der Waals surface area (Å²) in [7, 11) is 1.49. The van der Waals surface area contributed by atoms with Crippen molar-refractivity contribution < 1.29 is 14.2 Å². The number of hydrogen-bond acceptors (Lipinski definition) is 3. The van der Waals surface area contributed by atoms with E-state index in [9.17, 15) is 9.50 Å². The average Bonchev–Trinajstić information content (AvgIpc) is 2.41. The summed E-state index contributed by atoms with van der Waals surface area (Å²) >= 11 is 5.94. The van der Waals surface area contributed by atoms with Crippen molar-refractivity contribution in [2.75, 3.05) is 7.11 Å². The zero-order chi connectivity index (χ0) is 13.8. The number of aromatic nitrogens is 1. The number of methoxy groups -OCH3 is 1. The zero-order valence-electron chi connectivity index (χ0n) is 10.3. The summed E-state index contributed by atoms with van der Waals surface area (Å²) in [5.74, 6) is -0.0320. The molecule has 1 atom stereocenters. The molecular weight excluding hydrogens is 269 g/mol. The molecule has 0 aliphatic heterocycles. The Morgan fingerprint density at radius 3 is 2.89 bits per heavy atom. The van der Waals surface area contributed by atoms with Crippen LogP contribution in [0, 0.1) is 5.82 Å². The van der Waals surface area contributed by atoms with Gasteiger partial charge in [0.25, 0.3) is 0 Å². The van der Waals surface area contributed by atoms with Gasteiger partial charge in [-0.3, -0.25) is 0 Å². The van der Waals surface area contributed by atoms with E-state index in [1.165, 1.54) is 19.2 Å². The lowest BCUT2D eigenvalue weighted by Crippen LogP contribution is -2.05. The van der Waals surface area contributed by atoms with E-state index >= 15 is 0 Å². The summed E-state index contributed by atoms with van der Waals surface area (Å²) in [6.07, 6.45) is 1.03. The van der Waals surface area contributed by atoms with Crippen LogP contribution in [0.5, 0.6) is 5.88 Å². The number of nitrogens with zero attached hydrogens (tertiary/aromatic N) is 1. The molecule has 0 aliphatic carbocycles. The molecule has 1 aromatic heterocycles. The summed E-state index contributed by atoms with van der Waals surface area (Å²) in [6, 6.07) is 7.55. The lowest BCUT2D eigenvalue weighted by molar-refractivity contribution is 0.173.